The van der Waals surface area contributed by atoms with E-state index in [1.54, 1.807) is 19.1 Å². The van der Waals surface area contributed by atoms with E-state index in [2.05, 4.69) is 0 Å². The maximum Gasteiger partial charge on any atom is 0.237 e. The van der Waals surface area contributed by atoms with Crippen molar-refractivity contribution in [2.75, 3.05) is 26.6 Å². The summed E-state index contributed by atoms with van der Waals surface area (Å²) in [5.74, 6) is 1.26. The number of halogens is 1. The first-order valence-electron chi connectivity index (χ1n) is 5.72. The van der Waals surface area contributed by atoms with E-state index in [9.17, 15) is 4.79 Å². The smallest absolute Gasteiger partial charge is 0.237 e. The number of hydrogen-bond acceptors (Lipinski definition) is 3. The van der Waals surface area contributed by atoms with Crippen molar-refractivity contribution in [1.82, 2.24) is 4.90 Å². The van der Waals surface area contributed by atoms with E-state index in [0.29, 0.717) is 24.7 Å². The third kappa shape index (κ3) is 3.81. The number of nitrogens with zero attached hydrogens (tertiary/aromatic N) is 1. The van der Waals surface area contributed by atoms with Crippen LogP contribution in [-0.4, -0.2) is 37.5 Å². The minimum atomic E-state index is -0.107. The molecule has 0 aromatic heterocycles. The zero-order valence-corrected chi connectivity index (χ0v) is 11.7. The van der Waals surface area contributed by atoms with E-state index in [4.69, 9.17) is 21.1 Å². The number of rotatable bonds is 6. The first kappa shape index (κ1) is 14.6. The van der Waals surface area contributed by atoms with E-state index in [0.717, 1.165) is 5.56 Å². The molecule has 0 saturated carbocycles. The largest absolute Gasteiger partial charge is 0.493 e. The molecule has 0 bridgehead atoms. The lowest BCUT2D eigenvalue weighted by Gasteiger charge is -2.17. The summed E-state index contributed by atoms with van der Waals surface area (Å²) in [5, 5.41) is 0. The zero-order valence-electron chi connectivity index (χ0n) is 10.9. The van der Waals surface area contributed by atoms with E-state index in [-0.39, 0.29) is 11.8 Å². The van der Waals surface area contributed by atoms with Crippen LogP contribution in [-0.2, 0) is 11.3 Å². The van der Waals surface area contributed by atoms with Gasteiger partial charge in [-0.3, -0.25) is 4.79 Å². The molecule has 1 aromatic carbocycles. The minimum absolute atomic E-state index is 0.00926. The molecule has 4 nitrogen and oxygen atoms in total. The Balaban J connectivity index is 2.82. The summed E-state index contributed by atoms with van der Waals surface area (Å²) in [5.41, 5.74) is 0.969. The number of carbonyl (C=O) groups excluding carboxylic acids is 1. The Morgan fingerprint density at radius 1 is 1.39 bits per heavy atom. The maximum absolute atomic E-state index is 11.4. The van der Waals surface area contributed by atoms with Crippen LogP contribution in [0.2, 0.25) is 0 Å². The van der Waals surface area contributed by atoms with Crippen LogP contribution in [0.3, 0.4) is 0 Å². The molecule has 18 heavy (non-hydrogen) atoms. The van der Waals surface area contributed by atoms with Crippen molar-refractivity contribution in [1.29, 1.82) is 0 Å². The summed E-state index contributed by atoms with van der Waals surface area (Å²) in [6.45, 7) is 2.99. The molecule has 0 radical (unpaired) electrons. The van der Waals surface area contributed by atoms with E-state index in [1.807, 2.05) is 25.1 Å². The topological polar surface area (TPSA) is 38.8 Å². The van der Waals surface area contributed by atoms with Gasteiger partial charge in [-0.2, -0.15) is 0 Å². The number of amides is 1. The summed E-state index contributed by atoms with van der Waals surface area (Å²) >= 11 is 5.50. The number of benzene rings is 1. The molecule has 0 fully saturated rings. The normalized spacial score (nSPS) is 10.0. The summed E-state index contributed by atoms with van der Waals surface area (Å²) < 4.78 is 10.7. The molecular formula is C13H18ClNO3. The molecule has 0 aliphatic rings. The maximum atomic E-state index is 11.4. The van der Waals surface area contributed by atoms with Gasteiger partial charge in [-0.25, -0.2) is 0 Å². The van der Waals surface area contributed by atoms with Gasteiger partial charge in [0, 0.05) is 13.6 Å². The lowest BCUT2D eigenvalue weighted by molar-refractivity contribution is -0.127. The highest BCUT2D eigenvalue weighted by atomic mass is 35.5. The predicted molar refractivity (Wildman–Crippen MR) is 71.4 cm³/mol. The molecule has 0 atom stereocenters. The van der Waals surface area contributed by atoms with Crippen LogP contribution in [0.4, 0.5) is 0 Å². The van der Waals surface area contributed by atoms with Gasteiger partial charge in [-0.05, 0) is 24.6 Å². The van der Waals surface area contributed by atoms with Gasteiger partial charge in [-0.1, -0.05) is 6.07 Å². The van der Waals surface area contributed by atoms with Crippen LogP contribution in [0.25, 0.3) is 0 Å². The monoisotopic (exact) mass is 271 g/mol. The molecule has 1 aromatic rings. The lowest BCUT2D eigenvalue weighted by Crippen LogP contribution is -2.27. The highest BCUT2D eigenvalue weighted by Crippen LogP contribution is 2.28. The van der Waals surface area contributed by atoms with Crippen LogP contribution < -0.4 is 9.47 Å². The van der Waals surface area contributed by atoms with Gasteiger partial charge in [0.05, 0.1) is 13.7 Å². The summed E-state index contributed by atoms with van der Waals surface area (Å²) in [4.78, 5) is 12.9. The molecule has 0 unspecified atom stereocenters. The number of ether oxygens (including phenoxy) is 2. The number of carbonyl (C=O) groups is 1. The van der Waals surface area contributed by atoms with Gasteiger partial charge in [0.15, 0.2) is 11.5 Å². The molecule has 0 saturated heterocycles. The number of methoxy groups -OCH3 is 1. The van der Waals surface area contributed by atoms with Crippen molar-refractivity contribution in [3.8, 4) is 11.5 Å². The summed E-state index contributed by atoms with van der Waals surface area (Å²) in [6.07, 6.45) is 0. The average molecular weight is 272 g/mol. The Morgan fingerprint density at radius 2 is 2.11 bits per heavy atom. The third-order valence-corrected chi connectivity index (χ3v) is 2.72. The molecule has 1 amide bonds. The van der Waals surface area contributed by atoms with Gasteiger partial charge < -0.3 is 14.4 Å². The standard InChI is InChI=1S/C13H18ClNO3/c1-4-18-11-6-5-10(7-12(11)17-3)9-15(2)13(16)8-14/h5-7H,4,8-9H2,1-3H3. The number of hydrogen-bond donors (Lipinski definition) is 0. The molecule has 1 rings (SSSR count). The lowest BCUT2D eigenvalue weighted by atomic mass is 10.2. The first-order chi connectivity index (χ1) is 8.62. The Bertz CT molecular complexity index is 409. The van der Waals surface area contributed by atoms with E-state index in [1.165, 1.54) is 0 Å². The van der Waals surface area contributed by atoms with Gasteiger partial charge in [-0.15, -0.1) is 11.6 Å². The van der Waals surface area contributed by atoms with E-state index < -0.39 is 0 Å². The Morgan fingerprint density at radius 3 is 2.67 bits per heavy atom. The van der Waals surface area contributed by atoms with Crippen molar-refractivity contribution in [2.24, 2.45) is 0 Å². The van der Waals surface area contributed by atoms with Crippen LogP contribution in [0.15, 0.2) is 18.2 Å². The predicted octanol–water partition coefficient (Wildman–Crippen LogP) is 2.29. The van der Waals surface area contributed by atoms with Crippen LogP contribution in [0.5, 0.6) is 11.5 Å². The highest BCUT2D eigenvalue weighted by Gasteiger charge is 2.10. The van der Waals surface area contributed by atoms with E-state index >= 15 is 0 Å². The molecule has 0 aliphatic heterocycles. The second-order valence-corrected chi connectivity index (χ2v) is 4.07. The summed E-state index contributed by atoms with van der Waals surface area (Å²) in [6, 6.07) is 5.62. The molecule has 0 aliphatic carbocycles. The molecule has 0 spiro atoms. The van der Waals surface area contributed by atoms with Crippen molar-refractivity contribution in [2.45, 2.75) is 13.5 Å². The second-order valence-electron chi connectivity index (χ2n) is 3.80. The Labute approximate surface area is 112 Å². The first-order valence-corrected chi connectivity index (χ1v) is 6.25. The molecule has 0 heterocycles. The third-order valence-electron chi connectivity index (χ3n) is 2.49. The molecule has 5 heteroatoms. The van der Waals surface area contributed by atoms with Gasteiger partial charge in [0.2, 0.25) is 5.91 Å². The SMILES string of the molecule is CCOc1ccc(CN(C)C(=O)CCl)cc1OC. The van der Waals surface area contributed by atoms with Crippen molar-refractivity contribution < 1.29 is 14.3 Å². The fourth-order valence-corrected chi connectivity index (χ4v) is 1.75. The Hall–Kier alpha value is -1.42. The molecular weight excluding hydrogens is 254 g/mol. The summed E-state index contributed by atoms with van der Waals surface area (Å²) in [7, 11) is 3.31. The van der Waals surface area contributed by atoms with Gasteiger partial charge in [0.25, 0.3) is 0 Å². The minimum Gasteiger partial charge on any atom is -0.493 e. The Kier molecular flexibility index (Phi) is 5.78. The fraction of sp³-hybridized carbons (Fsp3) is 0.462. The van der Waals surface area contributed by atoms with Gasteiger partial charge >= 0.3 is 0 Å². The average Bonchev–Trinajstić information content (AvgIpc) is 2.39. The van der Waals surface area contributed by atoms with Gasteiger partial charge in [0.1, 0.15) is 5.88 Å². The fourth-order valence-electron chi connectivity index (χ4n) is 1.55. The highest BCUT2D eigenvalue weighted by molar-refractivity contribution is 6.27. The quantitative estimate of drug-likeness (QED) is 0.745. The van der Waals surface area contributed by atoms with Crippen LogP contribution >= 0.6 is 11.6 Å². The number of alkyl halides is 1. The zero-order chi connectivity index (χ0) is 13.5. The van der Waals surface area contributed by atoms with Crippen molar-refractivity contribution in [3.63, 3.8) is 0 Å². The van der Waals surface area contributed by atoms with Crippen LogP contribution in [0, 0.1) is 0 Å². The molecule has 100 valence electrons. The molecule has 0 N–H and O–H groups in total. The van der Waals surface area contributed by atoms with Crippen molar-refractivity contribution in [3.05, 3.63) is 23.8 Å². The van der Waals surface area contributed by atoms with Crippen molar-refractivity contribution >= 4 is 17.5 Å². The van der Waals surface area contributed by atoms with Crippen LogP contribution in [0.1, 0.15) is 12.5 Å². The second kappa shape index (κ2) is 7.11.